The van der Waals surface area contributed by atoms with Crippen LogP contribution in [0.1, 0.15) is 12.8 Å². The zero-order valence-corrected chi connectivity index (χ0v) is 6.34. The van der Waals surface area contributed by atoms with Crippen molar-refractivity contribution in [1.82, 2.24) is 0 Å². The Kier molecular flexibility index (Phi) is 2.55. The summed E-state index contributed by atoms with van der Waals surface area (Å²) in [6.45, 7) is -4.54. The Morgan fingerprint density at radius 3 is 1.90 bits per heavy atom. The van der Waals surface area contributed by atoms with Crippen molar-refractivity contribution in [2.24, 2.45) is 0 Å². The fourth-order valence-corrected chi connectivity index (χ4v) is 2.24. The molecule has 0 amide bonds. The first-order valence-electron chi connectivity index (χ1n) is 3.38. The van der Waals surface area contributed by atoms with Gasteiger partial charge in [-0.15, -0.1) is 0 Å². The van der Waals surface area contributed by atoms with E-state index in [0.29, 0.717) is 24.3 Å². The van der Waals surface area contributed by atoms with Gasteiger partial charge in [0.1, 0.15) is 0 Å². The van der Waals surface area contributed by atoms with Crippen molar-refractivity contribution in [3.8, 4) is 0 Å². The van der Waals surface area contributed by atoms with Crippen molar-refractivity contribution in [3.63, 3.8) is 0 Å². The minimum absolute atomic E-state index is 0.341. The zero-order chi connectivity index (χ0) is 7.61. The third kappa shape index (κ3) is 2.11. The summed E-state index contributed by atoms with van der Waals surface area (Å²) in [5, 5.41) is 0. The molecule has 0 spiro atoms. The predicted octanol–water partition coefficient (Wildman–Crippen LogP) is 2.73. The lowest BCUT2D eigenvalue weighted by molar-refractivity contribution is 0.421. The molecular formula is C5H9BF3S-. The molecule has 0 unspecified atom stereocenters. The van der Waals surface area contributed by atoms with Gasteiger partial charge in [0.25, 0.3) is 0 Å². The van der Waals surface area contributed by atoms with E-state index in [0.717, 1.165) is 0 Å². The average molecular weight is 169 g/mol. The van der Waals surface area contributed by atoms with Gasteiger partial charge in [-0.25, -0.2) is 0 Å². The molecule has 0 N–H and O–H groups in total. The highest BCUT2D eigenvalue weighted by atomic mass is 32.2. The first kappa shape index (κ1) is 8.30. The number of hydrogen-bond donors (Lipinski definition) is 0. The van der Waals surface area contributed by atoms with Crippen LogP contribution in [0.3, 0.4) is 0 Å². The standard InChI is InChI=1S/C5H9BF3S/c7-6(8,9)5-1-3-10-4-2-5/h5H,1-4H2/q-1. The third-order valence-corrected chi connectivity index (χ3v) is 2.85. The van der Waals surface area contributed by atoms with Crippen molar-refractivity contribution in [2.75, 3.05) is 11.5 Å². The van der Waals surface area contributed by atoms with Crippen molar-refractivity contribution in [1.29, 1.82) is 0 Å². The van der Waals surface area contributed by atoms with Crippen LogP contribution in [0.5, 0.6) is 0 Å². The van der Waals surface area contributed by atoms with Crippen LogP contribution in [0, 0.1) is 0 Å². The molecule has 0 saturated carbocycles. The normalized spacial score (nSPS) is 23.1. The molecule has 0 aliphatic carbocycles. The quantitative estimate of drug-likeness (QED) is 0.543. The van der Waals surface area contributed by atoms with Crippen LogP contribution >= 0.6 is 11.8 Å². The lowest BCUT2D eigenvalue weighted by Gasteiger charge is -2.29. The lowest BCUT2D eigenvalue weighted by Crippen LogP contribution is -2.27. The molecule has 0 bridgehead atoms. The topological polar surface area (TPSA) is 0 Å². The number of thioether (sulfide) groups is 1. The van der Waals surface area contributed by atoms with Crippen LogP contribution < -0.4 is 0 Å². The van der Waals surface area contributed by atoms with Gasteiger partial charge in [-0.1, -0.05) is 18.7 Å². The molecule has 10 heavy (non-hydrogen) atoms. The van der Waals surface area contributed by atoms with Crippen molar-refractivity contribution >= 4 is 18.7 Å². The Balaban J connectivity index is 2.39. The molecule has 5 heteroatoms. The lowest BCUT2D eigenvalue weighted by atomic mass is 9.69. The van der Waals surface area contributed by atoms with E-state index in [1.165, 1.54) is 0 Å². The Morgan fingerprint density at radius 1 is 1.10 bits per heavy atom. The monoisotopic (exact) mass is 169 g/mol. The largest absolute Gasteiger partial charge is 0.481 e. The average Bonchev–Trinajstić information content (AvgIpc) is 1.88. The van der Waals surface area contributed by atoms with Crippen molar-refractivity contribution in [3.05, 3.63) is 0 Å². The van der Waals surface area contributed by atoms with E-state index in [2.05, 4.69) is 0 Å². The Morgan fingerprint density at radius 2 is 1.60 bits per heavy atom. The molecule has 1 fully saturated rings. The van der Waals surface area contributed by atoms with E-state index in [-0.39, 0.29) is 0 Å². The maximum Gasteiger partial charge on any atom is 0.481 e. The molecule has 0 radical (unpaired) electrons. The van der Waals surface area contributed by atoms with E-state index in [1.54, 1.807) is 11.8 Å². The van der Waals surface area contributed by atoms with Gasteiger partial charge < -0.3 is 12.9 Å². The third-order valence-electron chi connectivity index (χ3n) is 1.80. The van der Waals surface area contributed by atoms with Gasteiger partial charge in [0.2, 0.25) is 0 Å². The van der Waals surface area contributed by atoms with Gasteiger partial charge in [-0.05, 0) is 11.5 Å². The first-order chi connectivity index (χ1) is 4.61. The first-order valence-corrected chi connectivity index (χ1v) is 4.54. The molecular weight excluding hydrogens is 160 g/mol. The second-order valence-electron chi connectivity index (χ2n) is 2.58. The molecule has 1 saturated heterocycles. The smallest absolute Gasteiger partial charge is 0.449 e. The van der Waals surface area contributed by atoms with E-state index < -0.39 is 12.8 Å². The van der Waals surface area contributed by atoms with Crippen molar-refractivity contribution < 1.29 is 12.9 Å². The van der Waals surface area contributed by atoms with Gasteiger partial charge in [0, 0.05) is 0 Å². The molecule has 0 aromatic rings. The van der Waals surface area contributed by atoms with Gasteiger partial charge in [-0.3, -0.25) is 0 Å². The summed E-state index contributed by atoms with van der Waals surface area (Å²) < 4.78 is 36.0. The molecule has 0 nitrogen and oxygen atoms in total. The summed E-state index contributed by atoms with van der Waals surface area (Å²) in [5.74, 6) is 0.416. The van der Waals surface area contributed by atoms with E-state index in [4.69, 9.17) is 0 Å². The highest BCUT2D eigenvalue weighted by molar-refractivity contribution is 7.99. The van der Waals surface area contributed by atoms with Crippen LogP contribution in [0.25, 0.3) is 0 Å². The number of hydrogen-bond acceptors (Lipinski definition) is 1. The molecule has 1 heterocycles. The summed E-state index contributed by atoms with van der Waals surface area (Å²) in [7, 11) is 0. The number of halogens is 3. The highest BCUT2D eigenvalue weighted by Gasteiger charge is 2.34. The second kappa shape index (κ2) is 3.07. The minimum atomic E-state index is -4.54. The molecule has 1 rings (SSSR count). The fraction of sp³-hybridized carbons (Fsp3) is 1.00. The summed E-state index contributed by atoms with van der Waals surface area (Å²) in [6, 6.07) is 0. The maximum atomic E-state index is 12.0. The van der Waals surface area contributed by atoms with E-state index in [9.17, 15) is 12.9 Å². The predicted molar refractivity (Wildman–Crippen MR) is 39.4 cm³/mol. The van der Waals surface area contributed by atoms with Crippen LogP contribution in [0.15, 0.2) is 0 Å². The highest BCUT2D eigenvalue weighted by Crippen LogP contribution is 2.37. The van der Waals surface area contributed by atoms with Crippen LogP contribution in [0.2, 0.25) is 5.82 Å². The Bertz CT molecular complexity index is 108. The Labute approximate surface area is 62.6 Å². The Hall–Kier alpha value is 0.205. The summed E-state index contributed by atoms with van der Waals surface area (Å²) in [4.78, 5) is 0. The summed E-state index contributed by atoms with van der Waals surface area (Å²) in [5.41, 5.74) is 0. The molecule has 0 aromatic carbocycles. The number of rotatable bonds is 1. The fourth-order valence-electron chi connectivity index (χ4n) is 1.09. The van der Waals surface area contributed by atoms with Crippen molar-refractivity contribution in [2.45, 2.75) is 18.7 Å². The van der Waals surface area contributed by atoms with Gasteiger partial charge >= 0.3 is 6.98 Å². The molecule has 1 aliphatic rings. The van der Waals surface area contributed by atoms with Crippen LogP contribution in [-0.2, 0) is 0 Å². The second-order valence-corrected chi connectivity index (χ2v) is 3.80. The zero-order valence-electron chi connectivity index (χ0n) is 5.53. The summed E-state index contributed by atoms with van der Waals surface area (Å²) >= 11 is 1.62. The van der Waals surface area contributed by atoms with Crippen LogP contribution in [-0.4, -0.2) is 18.5 Å². The maximum absolute atomic E-state index is 12.0. The SMILES string of the molecule is F[B-](F)(F)C1CCSCC1. The van der Waals surface area contributed by atoms with Crippen LogP contribution in [0.4, 0.5) is 12.9 Å². The van der Waals surface area contributed by atoms with E-state index >= 15 is 0 Å². The van der Waals surface area contributed by atoms with Gasteiger partial charge in [0.15, 0.2) is 0 Å². The van der Waals surface area contributed by atoms with Gasteiger partial charge in [-0.2, -0.15) is 11.8 Å². The molecule has 1 aliphatic heterocycles. The summed E-state index contributed by atoms with van der Waals surface area (Å²) in [6.07, 6.45) is 0.683. The van der Waals surface area contributed by atoms with E-state index in [1.807, 2.05) is 0 Å². The molecule has 0 aromatic heterocycles. The molecule has 60 valence electrons. The minimum Gasteiger partial charge on any atom is -0.449 e. The van der Waals surface area contributed by atoms with Gasteiger partial charge in [0.05, 0.1) is 0 Å². The molecule has 0 atom stereocenters.